The summed E-state index contributed by atoms with van der Waals surface area (Å²) in [6, 6.07) is 21.9. The molecule has 0 saturated heterocycles. The Kier molecular flexibility index (Phi) is 6.45. The quantitative estimate of drug-likeness (QED) is 0.456. The van der Waals surface area contributed by atoms with Crippen molar-refractivity contribution < 1.29 is 9.59 Å². The summed E-state index contributed by atoms with van der Waals surface area (Å²) in [7, 11) is 0. The van der Waals surface area contributed by atoms with Crippen molar-refractivity contribution in [2.75, 3.05) is 5.32 Å². The second kappa shape index (κ2) is 9.68. The summed E-state index contributed by atoms with van der Waals surface area (Å²) >= 11 is 7.49. The summed E-state index contributed by atoms with van der Waals surface area (Å²) in [4.78, 5) is 37.8. The zero-order valence-corrected chi connectivity index (χ0v) is 20.8. The van der Waals surface area contributed by atoms with Crippen molar-refractivity contribution in [2.24, 2.45) is 9.98 Å². The van der Waals surface area contributed by atoms with E-state index in [0.29, 0.717) is 28.1 Å². The van der Waals surface area contributed by atoms with E-state index in [2.05, 4.69) is 5.32 Å². The van der Waals surface area contributed by atoms with Gasteiger partial charge in [0.1, 0.15) is 5.84 Å². The molecule has 1 N–H and O–H groups in total. The van der Waals surface area contributed by atoms with Crippen LogP contribution in [0, 0.1) is 6.92 Å². The van der Waals surface area contributed by atoms with Crippen LogP contribution in [0.5, 0.6) is 0 Å². The van der Waals surface area contributed by atoms with Crippen LogP contribution in [-0.4, -0.2) is 33.0 Å². The lowest BCUT2D eigenvalue weighted by atomic mass is 10.1. The zero-order chi connectivity index (χ0) is 24.5. The lowest BCUT2D eigenvalue weighted by Crippen LogP contribution is -2.41. The minimum Gasteiger partial charge on any atom is -0.325 e. The number of para-hydroxylation sites is 1. The molecule has 3 aromatic rings. The average Bonchev–Trinajstić information content (AvgIpc) is 3.23. The number of thioether (sulfide) groups is 1. The minimum atomic E-state index is -0.647. The van der Waals surface area contributed by atoms with E-state index in [0.717, 1.165) is 22.4 Å². The molecule has 0 unspecified atom stereocenters. The Morgan fingerprint density at radius 2 is 1.86 bits per heavy atom. The highest BCUT2D eigenvalue weighted by molar-refractivity contribution is 8.15. The van der Waals surface area contributed by atoms with Crippen molar-refractivity contribution in [3.8, 4) is 0 Å². The van der Waals surface area contributed by atoms with E-state index < -0.39 is 11.3 Å². The molecule has 3 aromatic carbocycles. The summed E-state index contributed by atoms with van der Waals surface area (Å²) in [6.45, 7) is 3.84. The number of hydrogen-bond donors (Lipinski definition) is 1. The number of fused-ring (bicyclic) bond motifs is 3. The molecule has 2 atom stereocenters. The number of nitrogens with one attached hydrogen (secondary N) is 1. The van der Waals surface area contributed by atoms with Crippen LogP contribution in [0.2, 0.25) is 5.02 Å². The van der Waals surface area contributed by atoms with Crippen molar-refractivity contribution in [1.82, 2.24) is 4.90 Å². The molecular weight excluding hydrogens is 480 g/mol. The van der Waals surface area contributed by atoms with E-state index in [1.54, 1.807) is 11.0 Å². The smallest absolute Gasteiger partial charge is 0.263 e. The van der Waals surface area contributed by atoms with Gasteiger partial charge in [0.15, 0.2) is 11.2 Å². The molecule has 35 heavy (non-hydrogen) atoms. The monoisotopic (exact) mass is 502 g/mol. The number of halogens is 1. The van der Waals surface area contributed by atoms with Gasteiger partial charge in [-0.05, 0) is 48.7 Å². The van der Waals surface area contributed by atoms with Crippen molar-refractivity contribution in [3.05, 3.63) is 94.5 Å². The van der Waals surface area contributed by atoms with Gasteiger partial charge in [0.25, 0.3) is 5.91 Å². The number of nitrogens with zero attached hydrogens (tertiary/aromatic N) is 3. The van der Waals surface area contributed by atoms with Gasteiger partial charge in [-0.25, -0.2) is 14.9 Å². The lowest BCUT2D eigenvalue weighted by molar-refractivity contribution is -0.124. The Bertz CT molecular complexity index is 1370. The Morgan fingerprint density at radius 3 is 2.60 bits per heavy atom. The molecule has 5 rings (SSSR count). The molecule has 176 valence electrons. The third kappa shape index (κ3) is 4.49. The van der Waals surface area contributed by atoms with Crippen LogP contribution in [0.3, 0.4) is 0 Å². The fourth-order valence-corrected chi connectivity index (χ4v) is 5.22. The van der Waals surface area contributed by atoms with Crippen molar-refractivity contribution in [1.29, 1.82) is 0 Å². The molecule has 0 bridgehead atoms. The van der Waals surface area contributed by atoms with Crippen molar-refractivity contribution in [2.45, 2.75) is 31.6 Å². The number of benzene rings is 3. The second-order valence-electron chi connectivity index (χ2n) is 8.32. The molecule has 0 fully saturated rings. The number of carbonyl (C=O) groups is 2. The van der Waals surface area contributed by atoms with Crippen LogP contribution < -0.4 is 5.32 Å². The predicted molar refractivity (Wildman–Crippen MR) is 143 cm³/mol. The molecule has 8 heteroatoms. The summed E-state index contributed by atoms with van der Waals surface area (Å²) in [6.07, 6.45) is 0.549. The highest BCUT2D eigenvalue weighted by atomic mass is 35.5. The Hall–Kier alpha value is -3.42. The first-order chi connectivity index (χ1) is 17.0. The number of amides is 2. The third-order valence-electron chi connectivity index (χ3n) is 5.94. The van der Waals surface area contributed by atoms with Crippen LogP contribution in [0.1, 0.15) is 36.1 Å². The van der Waals surface area contributed by atoms with Gasteiger partial charge in [0, 0.05) is 16.3 Å². The number of rotatable bonds is 5. The molecule has 0 aliphatic carbocycles. The van der Waals surface area contributed by atoms with Crippen LogP contribution in [0.4, 0.5) is 11.4 Å². The molecular formula is C27H23ClN4O2S. The van der Waals surface area contributed by atoms with E-state index in [1.807, 2.05) is 80.6 Å². The Balaban J connectivity index is 1.45. The van der Waals surface area contributed by atoms with Gasteiger partial charge >= 0.3 is 0 Å². The zero-order valence-electron chi connectivity index (χ0n) is 19.2. The molecule has 0 saturated carbocycles. The highest BCUT2D eigenvalue weighted by Gasteiger charge is 2.43. The molecule has 2 heterocycles. The molecule has 0 aromatic heterocycles. The maximum Gasteiger partial charge on any atom is 0.263 e. The fraction of sp³-hybridized carbons (Fsp3) is 0.185. The summed E-state index contributed by atoms with van der Waals surface area (Å²) < 4.78 is 0. The Labute approximate surface area is 213 Å². The van der Waals surface area contributed by atoms with Gasteiger partial charge in [0.05, 0.1) is 10.9 Å². The SMILES string of the molecule is CC[C@@H](SC1=Nc2ccccc2C2=N[C@H](c3ccccc3)C(=O)N12)C(=O)Nc1ccc(C)c(Cl)c1. The molecule has 0 radical (unpaired) electrons. The standard InChI is InChI=1S/C27H23ClN4O2S/c1-3-22(25(33)29-18-14-13-16(2)20(28)15-18)35-27-30-21-12-8-7-11-19(21)24-31-23(26(34)32(24)27)17-9-5-4-6-10-17/h4-15,22-23H,3H2,1-2H3,(H,29,33)/t22-,23-/m1/s1. The number of aryl methyl sites for hydroxylation is 1. The number of anilines is 1. The first kappa shape index (κ1) is 23.3. The number of amidine groups is 2. The summed E-state index contributed by atoms with van der Waals surface area (Å²) in [5.74, 6) is 0.216. The fourth-order valence-electron chi connectivity index (χ4n) is 4.02. The molecule has 2 aliphatic rings. The van der Waals surface area contributed by atoms with E-state index >= 15 is 0 Å². The lowest BCUT2D eigenvalue weighted by Gasteiger charge is -2.27. The van der Waals surface area contributed by atoms with Crippen LogP contribution in [0.15, 0.2) is 82.8 Å². The van der Waals surface area contributed by atoms with Crippen molar-refractivity contribution >= 4 is 57.6 Å². The van der Waals surface area contributed by atoms with E-state index in [9.17, 15) is 9.59 Å². The predicted octanol–water partition coefficient (Wildman–Crippen LogP) is 6.13. The second-order valence-corrected chi connectivity index (χ2v) is 9.90. The highest BCUT2D eigenvalue weighted by Crippen LogP contribution is 2.38. The number of carbonyl (C=O) groups excluding carboxylic acids is 2. The van der Waals surface area contributed by atoms with Crippen LogP contribution in [-0.2, 0) is 9.59 Å². The van der Waals surface area contributed by atoms with Gasteiger partial charge in [-0.1, -0.05) is 78.8 Å². The average molecular weight is 503 g/mol. The normalized spacial score (nSPS) is 17.3. The maximum atomic E-state index is 13.6. The van der Waals surface area contributed by atoms with E-state index in [1.165, 1.54) is 11.8 Å². The van der Waals surface area contributed by atoms with Crippen LogP contribution >= 0.6 is 23.4 Å². The maximum absolute atomic E-state index is 13.6. The third-order valence-corrected chi connectivity index (χ3v) is 7.66. The van der Waals surface area contributed by atoms with Gasteiger partial charge in [0.2, 0.25) is 5.91 Å². The largest absolute Gasteiger partial charge is 0.325 e. The van der Waals surface area contributed by atoms with Crippen molar-refractivity contribution in [3.63, 3.8) is 0 Å². The summed E-state index contributed by atoms with van der Waals surface area (Å²) in [5.41, 5.74) is 3.92. The topological polar surface area (TPSA) is 74.1 Å². The van der Waals surface area contributed by atoms with Crippen LogP contribution in [0.25, 0.3) is 0 Å². The first-order valence-corrected chi connectivity index (χ1v) is 12.6. The molecule has 2 aliphatic heterocycles. The van der Waals surface area contributed by atoms with Gasteiger partial charge in [-0.3, -0.25) is 9.59 Å². The minimum absolute atomic E-state index is 0.174. The van der Waals surface area contributed by atoms with E-state index in [4.69, 9.17) is 21.6 Å². The van der Waals surface area contributed by atoms with Gasteiger partial charge in [-0.15, -0.1) is 0 Å². The molecule has 2 amide bonds. The summed E-state index contributed by atoms with van der Waals surface area (Å²) in [5, 5.41) is 3.52. The van der Waals surface area contributed by atoms with Gasteiger partial charge in [-0.2, -0.15) is 0 Å². The Morgan fingerprint density at radius 1 is 1.11 bits per heavy atom. The molecule has 6 nitrogen and oxygen atoms in total. The molecule has 0 spiro atoms. The van der Waals surface area contributed by atoms with Gasteiger partial charge < -0.3 is 5.32 Å². The first-order valence-electron chi connectivity index (χ1n) is 11.3. The number of aliphatic imine (C=N–C) groups is 2. The van der Waals surface area contributed by atoms with E-state index in [-0.39, 0.29) is 11.8 Å². The number of hydrogen-bond acceptors (Lipinski definition) is 5.